The van der Waals surface area contributed by atoms with E-state index >= 15 is 0 Å². The number of aryl methyl sites for hydroxylation is 1. The first-order valence-electron chi connectivity index (χ1n) is 10.4. The van der Waals surface area contributed by atoms with E-state index in [4.69, 9.17) is 15.6 Å². The van der Waals surface area contributed by atoms with Crippen LogP contribution in [0.1, 0.15) is 20.8 Å². The second-order valence-electron chi connectivity index (χ2n) is 7.71. The molecule has 0 radical (unpaired) electrons. The second kappa shape index (κ2) is 8.41. The lowest BCUT2D eigenvalue weighted by molar-refractivity contribution is -0.129. The lowest BCUT2D eigenvalue weighted by Gasteiger charge is -2.30. The van der Waals surface area contributed by atoms with Gasteiger partial charge in [0.1, 0.15) is 5.82 Å². The molecule has 0 unspecified atom stereocenters. The van der Waals surface area contributed by atoms with Gasteiger partial charge in [0, 0.05) is 11.8 Å². The molecule has 1 aliphatic rings. The highest BCUT2D eigenvalue weighted by Crippen LogP contribution is 2.35. The Bertz CT molecular complexity index is 1290. The number of methoxy groups -OCH3 is 2. The SMILES string of the molecule is [2H]c1nc(Nc2cc(C)c(OC)c(OC)c2)nc(Nc2ccc3c(n2)NC(=O)C(C)(C)O3)c1F. The highest BCUT2D eigenvalue weighted by molar-refractivity contribution is 5.99. The number of aromatic nitrogens is 3. The highest BCUT2D eigenvalue weighted by Gasteiger charge is 2.36. The van der Waals surface area contributed by atoms with E-state index < -0.39 is 17.6 Å². The van der Waals surface area contributed by atoms with Crippen LogP contribution < -0.4 is 30.2 Å². The molecule has 0 aliphatic carbocycles. The van der Waals surface area contributed by atoms with Gasteiger partial charge in [0.25, 0.3) is 5.91 Å². The first-order chi connectivity index (χ1) is 16.1. The zero-order valence-electron chi connectivity index (χ0n) is 19.7. The second-order valence-corrected chi connectivity index (χ2v) is 7.71. The van der Waals surface area contributed by atoms with Gasteiger partial charge in [-0.15, -0.1) is 0 Å². The Morgan fingerprint density at radius 2 is 1.97 bits per heavy atom. The Morgan fingerprint density at radius 3 is 2.70 bits per heavy atom. The lowest BCUT2D eigenvalue weighted by atomic mass is 10.1. The van der Waals surface area contributed by atoms with Crippen molar-refractivity contribution in [2.24, 2.45) is 0 Å². The van der Waals surface area contributed by atoms with Gasteiger partial charge < -0.3 is 30.2 Å². The van der Waals surface area contributed by atoms with E-state index in [0.29, 0.717) is 22.9 Å². The predicted molar refractivity (Wildman–Crippen MR) is 120 cm³/mol. The van der Waals surface area contributed by atoms with Crippen molar-refractivity contribution in [3.05, 3.63) is 41.8 Å². The minimum Gasteiger partial charge on any atom is -0.493 e. The number of anilines is 5. The van der Waals surface area contributed by atoms with Crippen LogP contribution >= 0.6 is 0 Å². The lowest BCUT2D eigenvalue weighted by Crippen LogP contribution is -2.46. The van der Waals surface area contributed by atoms with Crippen molar-refractivity contribution >= 4 is 35.0 Å². The third-order valence-corrected chi connectivity index (χ3v) is 4.85. The fourth-order valence-electron chi connectivity index (χ4n) is 3.22. The summed E-state index contributed by atoms with van der Waals surface area (Å²) in [6.07, 6.45) is -0.617. The Labute approximate surface area is 190 Å². The Morgan fingerprint density at radius 1 is 1.18 bits per heavy atom. The monoisotopic (exact) mass is 455 g/mol. The molecule has 2 aromatic heterocycles. The number of halogens is 1. The fraction of sp³-hybridized carbons (Fsp3) is 0.273. The Kier molecular flexibility index (Phi) is 5.29. The molecule has 4 rings (SSSR count). The van der Waals surface area contributed by atoms with Crippen molar-refractivity contribution in [3.63, 3.8) is 0 Å². The van der Waals surface area contributed by atoms with E-state index in [9.17, 15) is 9.18 Å². The van der Waals surface area contributed by atoms with Gasteiger partial charge >= 0.3 is 0 Å². The summed E-state index contributed by atoms with van der Waals surface area (Å²) < 4.78 is 38.8. The number of benzene rings is 1. The van der Waals surface area contributed by atoms with Crippen molar-refractivity contribution in [3.8, 4) is 17.2 Å². The van der Waals surface area contributed by atoms with Gasteiger partial charge in [-0.05, 0) is 44.5 Å². The number of fused-ring (bicyclic) bond motifs is 1. The van der Waals surface area contributed by atoms with E-state index in [1.165, 1.54) is 7.11 Å². The Hall–Kier alpha value is -4.15. The summed E-state index contributed by atoms with van der Waals surface area (Å²) in [5.41, 5.74) is 0.314. The number of amides is 1. The summed E-state index contributed by atoms with van der Waals surface area (Å²) in [5, 5.41) is 8.33. The fourth-order valence-corrected chi connectivity index (χ4v) is 3.22. The van der Waals surface area contributed by atoms with Crippen LogP contribution in [0.3, 0.4) is 0 Å². The van der Waals surface area contributed by atoms with Crippen LogP contribution in [0.15, 0.2) is 30.4 Å². The molecule has 3 aromatic rings. The van der Waals surface area contributed by atoms with Gasteiger partial charge in [-0.2, -0.15) is 4.98 Å². The van der Waals surface area contributed by atoms with Crippen LogP contribution in [0.4, 0.5) is 33.5 Å². The number of pyridine rings is 1. The number of hydrogen-bond donors (Lipinski definition) is 3. The van der Waals surface area contributed by atoms with Crippen molar-refractivity contribution in [1.82, 2.24) is 15.0 Å². The number of carbonyl (C=O) groups excluding carboxylic acids is 1. The zero-order chi connectivity index (χ0) is 24.6. The molecular formula is C22H23FN6O4. The average molecular weight is 455 g/mol. The maximum absolute atomic E-state index is 14.6. The van der Waals surface area contributed by atoms with Crippen LogP contribution in [0.5, 0.6) is 17.2 Å². The minimum atomic E-state index is -1.04. The van der Waals surface area contributed by atoms with Gasteiger partial charge in [-0.3, -0.25) is 4.79 Å². The van der Waals surface area contributed by atoms with Gasteiger partial charge in [-0.25, -0.2) is 14.4 Å². The summed E-state index contributed by atoms with van der Waals surface area (Å²) in [7, 11) is 3.05. The third-order valence-electron chi connectivity index (χ3n) is 4.85. The van der Waals surface area contributed by atoms with E-state index in [1.807, 2.05) is 6.92 Å². The molecule has 1 aliphatic heterocycles. The predicted octanol–water partition coefficient (Wildman–Crippen LogP) is 3.93. The molecule has 1 aromatic carbocycles. The van der Waals surface area contributed by atoms with E-state index in [0.717, 1.165) is 5.56 Å². The molecule has 11 heteroatoms. The van der Waals surface area contributed by atoms with Gasteiger partial charge in [0.15, 0.2) is 40.3 Å². The maximum atomic E-state index is 14.6. The van der Waals surface area contributed by atoms with Crippen LogP contribution in [-0.4, -0.2) is 40.7 Å². The van der Waals surface area contributed by atoms with Gasteiger partial charge in [0.2, 0.25) is 5.95 Å². The zero-order valence-corrected chi connectivity index (χ0v) is 18.7. The molecule has 1 amide bonds. The summed E-state index contributed by atoms with van der Waals surface area (Å²) in [6, 6.07) is 6.59. The molecule has 172 valence electrons. The molecule has 33 heavy (non-hydrogen) atoms. The first kappa shape index (κ1) is 20.7. The molecule has 0 fully saturated rings. The molecule has 0 spiro atoms. The number of hydrogen-bond acceptors (Lipinski definition) is 9. The normalized spacial score (nSPS) is 14.4. The van der Waals surface area contributed by atoms with Crippen molar-refractivity contribution in [2.45, 2.75) is 26.4 Å². The van der Waals surface area contributed by atoms with Crippen LogP contribution in [-0.2, 0) is 4.79 Å². The standard InChI is InChI=1S/C22H23FN6O4/c1-11-8-12(9-15(31-4)17(11)32-5)25-21-24-10-13(23)18(29-21)26-16-7-6-14-19(27-16)28-20(30)22(2,3)33-14/h6-10H,1-5H3,(H3,24,25,26,27,28,29,30)/i10D. The average Bonchev–Trinajstić information content (AvgIpc) is 2.77. The Balaban J connectivity index is 1.62. The molecule has 3 N–H and O–H groups in total. The smallest absolute Gasteiger partial charge is 0.269 e. The van der Waals surface area contributed by atoms with Crippen molar-refractivity contribution in [1.29, 1.82) is 0 Å². The highest BCUT2D eigenvalue weighted by atomic mass is 19.1. The van der Waals surface area contributed by atoms with Crippen LogP contribution in [0, 0.1) is 12.7 Å². The number of ether oxygens (including phenoxy) is 3. The molecule has 3 heterocycles. The number of rotatable bonds is 6. The van der Waals surface area contributed by atoms with Gasteiger partial charge in [0.05, 0.1) is 21.8 Å². The van der Waals surface area contributed by atoms with Crippen molar-refractivity contribution in [2.75, 3.05) is 30.2 Å². The molecule has 0 bridgehead atoms. The summed E-state index contributed by atoms with van der Waals surface area (Å²) in [4.78, 5) is 24.4. The van der Waals surface area contributed by atoms with E-state index in [-0.39, 0.29) is 29.3 Å². The summed E-state index contributed by atoms with van der Waals surface area (Å²) in [5.74, 6) is 0.217. The number of nitrogens with one attached hydrogen (secondary N) is 3. The largest absolute Gasteiger partial charge is 0.493 e. The molecule has 0 saturated heterocycles. The maximum Gasteiger partial charge on any atom is 0.269 e. The van der Waals surface area contributed by atoms with Crippen LogP contribution in [0.25, 0.3) is 0 Å². The summed E-state index contributed by atoms with van der Waals surface area (Å²) >= 11 is 0. The van der Waals surface area contributed by atoms with Crippen LogP contribution in [0.2, 0.25) is 0 Å². The van der Waals surface area contributed by atoms with Crippen molar-refractivity contribution < 1.29 is 24.8 Å². The van der Waals surface area contributed by atoms with E-state index in [1.54, 1.807) is 45.2 Å². The van der Waals surface area contributed by atoms with E-state index in [2.05, 4.69) is 30.9 Å². The van der Waals surface area contributed by atoms with Gasteiger partial charge in [-0.1, -0.05) is 0 Å². The number of carbonyl (C=O) groups is 1. The quantitative estimate of drug-likeness (QED) is 0.508. The summed E-state index contributed by atoms with van der Waals surface area (Å²) in [6.45, 7) is 5.11. The minimum absolute atomic E-state index is 0.0168. The third kappa shape index (κ3) is 4.43. The molecule has 0 saturated carbocycles. The molecular weight excluding hydrogens is 431 g/mol. The first-order valence-corrected chi connectivity index (χ1v) is 9.93. The number of nitrogens with zero attached hydrogens (tertiary/aromatic N) is 3. The topological polar surface area (TPSA) is 120 Å². The molecule has 10 nitrogen and oxygen atoms in total. The molecule has 0 atom stereocenters.